The summed E-state index contributed by atoms with van der Waals surface area (Å²) in [4.78, 5) is 8.43. The van der Waals surface area contributed by atoms with Crippen LogP contribution in [0, 0.1) is 6.92 Å². The standard InChI is InChI=1S/C13H13N5/c1-10-16-13(12-3-2-8-18(12)17-10)15-9-11-4-6-14-7-5-11/h2-8H,9H2,1H3,(H,15,16,17). The Morgan fingerprint density at radius 1 is 1.22 bits per heavy atom. The first-order valence-corrected chi connectivity index (χ1v) is 5.78. The number of hydrogen-bond donors (Lipinski definition) is 1. The van der Waals surface area contributed by atoms with Gasteiger partial charge in [0.05, 0.1) is 0 Å². The number of pyridine rings is 1. The van der Waals surface area contributed by atoms with Crippen LogP contribution in [-0.4, -0.2) is 19.6 Å². The number of rotatable bonds is 3. The summed E-state index contributed by atoms with van der Waals surface area (Å²) in [7, 11) is 0. The van der Waals surface area contributed by atoms with Crippen molar-refractivity contribution >= 4 is 11.3 Å². The topological polar surface area (TPSA) is 55.1 Å². The van der Waals surface area contributed by atoms with Crippen molar-refractivity contribution in [3.8, 4) is 0 Å². The Hall–Kier alpha value is -2.43. The molecule has 0 unspecified atom stereocenters. The largest absolute Gasteiger partial charge is 0.364 e. The van der Waals surface area contributed by atoms with Gasteiger partial charge in [0.2, 0.25) is 0 Å². The number of hydrogen-bond acceptors (Lipinski definition) is 4. The highest BCUT2D eigenvalue weighted by Crippen LogP contribution is 2.14. The van der Waals surface area contributed by atoms with Crippen LogP contribution in [0.4, 0.5) is 5.82 Å². The molecule has 0 aromatic carbocycles. The zero-order chi connectivity index (χ0) is 12.4. The second kappa shape index (κ2) is 4.44. The lowest BCUT2D eigenvalue weighted by Gasteiger charge is -2.08. The Labute approximate surface area is 105 Å². The van der Waals surface area contributed by atoms with E-state index >= 15 is 0 Å². The number of fused-ring (bicyclic) bond motifs is 1. The van der Waals surface area contributed by atoms with E-state index in [1.807, 2.05) is 41.9 Å². The highest BCUT2D eigenvalue weighted by molar-refractivity contribution is 5.67. The lowest BCUT2D eigenvalue weighted by molar-refractivity contribution is 0.855. The van der Waals surface area contributed by atoms with E-state index in [1.54, 1.807) is 12.4 Å². The lowest BCUT2D eigenvalue weighted by Crippen LogP contribution is -2.06. The Balaban J connectivity index is 1.88. The highest BCUT2D eigenvalue weighted by Gasteiger charge is 2.04. The Morgan fingerprint density at radius 2 is 2.06 bits per heavy atom. The number of anilines is 1. The van der Waals surface area contributed by atoms with Crippen molar-refractivity contribution in [1.29, 1.82) is 0 Å². The zero-order valence-electron chi connectivity index (χ0n) is 10.0. The number of nitrogens with one attached hydrogen (secondary N) is 1. The minimum Gasteiger partial charge on any atom is -0.364 e. The lowest BCUT2D eigenvalue weighted by atomic mass is 10.3. The van der Waals surface area contributed by atoms with Gasteiger partial charge in [0.25, 0.3) is 0 Å². The summed E-state index contributed by atoms with van der Waals surface area (Å²) in [6, 6.07) is 7.92. The molecule has 0 radical (unpaired) electrons. The monoisotopic (exact) mass is 239 g/mol. The first kappa shape index (κ1) is 10.7. The molecule has 90 valence electrons. The van der Waals surface area contributed by atoms with Gasteiger partial charge in [0.1, 0.15) is 11.3 Å². The van der Waals surface area contributed by atoms with Gasteiger partial charge in [-0.1, -0.05) is 0 Å². The summed E-state index contributed by atoms with van der Waals surface area (Å²) in [5.74, 6) is 1.60. The summed E-state index contributed by atoms with van der Waals surface area (Å²) in [6.07, 6.45) is 5.49. The predicted molar refractivity (Wildman–Crippen MR) is 69.3 cm³/mol. The summed E-state index contributed by atoms with van der Waals surface area (Å²) in [5.41, 5.74) is 2.15. The van der Waals surface area contributed by atoms with Crippen LogP contribution >= 0.6 is 0 Å². The molecule has 0 amide bonds. The molecule has 0 fully saturated rings. The average molecular weight is 239 g/mol. The molecular formula is C13H13N5. The van der Waals surface area contributed by atoms with Gasteiger partial charge in [0, 0.05) is 25.1 Å². The summed E-state index contributed by atoms with van der Waals surface area (Å²) < 4.78 is 1.83. The molecule has 0 aliphatic heterocycles. The van der Waals surface area contributed by atoms with Crippen molar-refractivity contribution in [2.75, 3.05) is 5.32 Å². The number of aryl methyl sites for hydroxylation is 1. The van der Waals surface area contributed by atoms with Crippen molar-refractivity contribution in [3.63, 3.8) is 0 Å². The molecular weight excluding hydrogens is 226 g/mol. The summed E-state index contributed by atoms with van der Waals surface area (Å²) >= 11 is 0. The van der Waals surface area contributed by atoms with Crippen molar-refractivity contribution in [2.24, 2.45) is 0 Å². The van der Waals surface area contributed by atoms with E-state index in [9.17, 15) is 0 Å². The minimum absolute atomic E-state index is 0.722. The van der Waals surface area contributed by atoms with Gasteiger partial charge in [-0.3, -0.25) is 4.98 Å². The Morgan fingerprint density at radius 3 is 2.89 bits per heavy atom. The fourth-order valence-electron chi connectivity index (χ4n) is 1.86. The van der Waals surface area contributed by atoms with E-state index in [-0.39, 0.29) is 0 Å². The molecule has 1 N–H and O–H groups in total. The van der Waals surface area contributed by atoms with Gasteiger partial charge in [-0.25, -0.2) is 9.50 Å². The van der Waals surface area contributed by atoms with Crippen molar-refractivity contribution < 1.29 is 0 Å². The van der Waals surface area contributed by atoms with Crippen LogP contribution in [0.5, 0.6) is 0 Å². The van der Waals surface area contributed by atoms with Crippen LogP contribution in [0.15, 0.2) is 42.9 Å². The van der Waals surface area contributed by atoms with E-state index in [1.165, 1.54) is 5.56 Å². The van der Waals surface area contributed by atoms with E-state index in [2.05, 4.69) is 20.4 Å². The van der Waals surface area contributed by atoms with E-state index in [0.29, 0.717) is 0 Å². The van der Waals surface area contributed by atoms with E-state index < -0.39 is 0 Å². The maximum absolute atomic E-state index is 4.43. The maximum atomic E-state index is 4.43. The van der Waals surface area contributed by atoms with Gasteiger partial charge in [0.15, 0.2) is 5.82 Å². The van der Waals surface area contributed by atoms with Crippen LogP contribution in [0.25, 0.3) is 5.52 Å². The smallest absolute Gasteiger partial charge is 0.154 e. The van der Waals surface area contributed by atoms with Gasteiger partial charge in [-0.15, -0.1) is 0 Å². The van der Waals surface area contributed by atoms with Crippen LogP contribution in [0.2, 0.25) is 0 Å². The number of nitrogens with zero attached hydrogens (tertiary/aromatic N) is 4. The number of aromatic nitrogens is 4. The molecule has 3 aromatic rings. The van der Waals surface area contributed by atoms with Gasteiger partial charge < -0.3 is 5.32 Å². The van der Waals surface area contributed by atoms with Gasteiger partial charge in [-0.05, 0) is 36.8 Å². The van der Waals surface area contributed by atoms with Gasteiger partial charge in [-0.2, -0.15) is 5.10 Å². The third kappa shape index (κ3) is 2.02. The molecule has 0 bridgehead atoms. The predicted octanol–water partition coefficient (Wildman–Crippen LogP) is 2.04. The molecule has 3 aromatic heterocycles. The van der Waals surface area contributed by atoms with E-state index in [0.717, 1.165) is 23.7 Å². The summed E-state index contributed by atoms with van der Waals surface area (Å²) in [6.45, 7) is 2.61. The maximum Gasteiger partial charge on any atom is 0.154 e. The van der Waals surface area contributed by atoms with Crippen molar-refractivity contribution in [2.45, 2.75) is 13.5 Å². The fraction of sp³-hybridized carbons (Fsp3) is 0.154. The van der Waals surface area contributed by atoms with Crippen molar-refractivity contribution in [3.05, 3.63) is 54.2 Å². The Kier molecular flexibility index (Phi) is 2.64. The highest BCUT2D eigenvalue weighted by atomic mass is 15.3. The molecule has 5 heteroatoms. The molecule has 0 saturated carbocycles. The third-order valence-corrected chi connectivity index (χ3v) is 2.71. The molecule has 0 spiro atoms. The second-order valence-electron chi connectivity index (χ2n) is 4.05. The van der Waals surface area contributed by atoms with Crippen LogP contribution in [0.1, 0.15) is 11.4 Å². The first-order valence-electron chi connectivity index (χ1n) is 5.78. The van der Waals surface area contributed by atoms with Crippen LogP contribution in [-0.2, 0) is 6.54 Å². The quantitative estimate of drug-likeness (QED) is 0.760. The third-order valence-electron chi connectivity index (χ3n) is 2.71. The average Bonchev–Trinajstić information content (AvgIpc) is 2.85. The molecule has 0 saturated heterocycles. The van der Waals surface area contributed by atoms with Crippen LogP contribution in [0.3, 0.4) is 0 Å². The molecule has 3 heterocycles. The van der Waals surface area contributed by atoms with Crippen LogP contribution < -0.4 is 5.32 Å². The molecule has 3 rings (SSSR count). The minimum atomic E-state index is 0.722. The van der Waals surface area contributed by atoms with Crippen molar-refractivity contribution in [1.82, 2.24) is 19.6 Å². The SMILES string of the molecule is Cc1nc(NCc2ccncc2)c2cccn2n1. The Bertz CT molecular complexity index is 659. The molecule has 18 heavy (non-hydrogen) atoms. The molecule has 5 nitrogen and oxygen atoms in total. The second-order valence-corrected chi connectivity index (χ2v) is 4.05. The first-order chi connectivity index (χ1) is 8.83. The molecule has 0 atom stereocenters. The fourth-order valence-corrected chi connectivity index (χ4v) is 1.86. The van der Waals surface area contributed by atoms with E-state index in [4.69, 9.17) is 0 Å². The molecule has 0 aliphatic carbocycles. The summed E-state index contributed by atoms with van der Waals surface area (Å²) in [5, 5.41) is 7.64. The zero-order valence-corrected chi connectivity index (χ0v) is 10.0. The van der Waals surface area contributed by atoms with Gasteiger partial charge >= 0.3 is 0 Å². The normalized spacial score (nSPS) is 10.7. The molecule has 0 aliphatic rings.